The highest BCUT2D eigenvalue weighted by Gasteiger charge is 2.49. The molecular formula is C32H35ClF2N6O. The van der Waals surface area contributed by atoms with Crippen LogP contribution in [0.3, 0.4) is 0 Å². The van der Waals surface area contributed by atoms with Gasteiger partial charge in [-0.3, -0.25) is 9.88 Å². The number of aromatic nitrogens is 3. The van der Waals surface area contributed by atoms with E-state index in [0.717, 1.165) is 43.0 Å². The Labute approximate surface area is 249 Å². The Kier molecular flexibility index (Phi) is 6.95. The van der Waals surface area contributed by atoms with Crippen LogP contribution in [0.4, 0.5) is 14.6 Å². The number of fused-ring (bicyclic) bond motifs is 3. The van der Waals surface area contributed by atoms with Crippen LogP contribution in [-0.2, 0) is 0 Å². The monoisotopic (exact) mass is 592 g/mol. The van der Waals surface area contributed by atoms with Crippen molar-refractivity contribution in [1.29, 1.82) is 0 Å². The van der Waals surface area contributed by atoms with E-state index in [1.807, 2.05) is 30.3 Å². The molecule has 2 atom stereocenters. The predicted molar refractivity (Wildman–Crippen MR) is 163 cm³/mol. The molecule has 0 radical (unpaired) electrons. The van der Waals surface area contributed by atoms with Crippen molar-refractivity contribution in [2.45, 2.75) is 55.8 Å². The van der Waals surface area contributed by atoms with Crippen molar-refractivity contribution in [2.75, 3.05) is 45.7 Å². The quantitative estimate of drug-likeness (QED) is 0.251. The fourth-order valence-corrected chi connectivity index (χ4v) is 7.46. The lowest BCUT2D eigenvalue weighted by molar-refractivity contribution is 0.0738. The van der Waals surface area contributed by atoms with E-state index in [0.29, 0.717) is 41.3 Å². The largest absolute Gasteiger partial charge is 0.461 e. The van der Waals surface area contributed by atoms with Gasteiger partial charge in [0, 0.05) is 47.2 Å². The van der Waals surface area contributed by atoms with E-state index in [1.54, 1.807) is 12.3 Å². The second kappa shape index (κ2) is 10.5. The first-order valence-corrected chi connectivity index (χ1v) is 15.1. The molecule has 7 rings (SSSR count). The number of rotatable bonds is 8. The molecule has 0 amide bonds. The summed E-state index contributed by atoms with van der Waals surface area (Å²) in [6.07, 6.45) is 6.36. The Balaban J connectivity index is 1.30. The van der Waals surface area contributed by atoms with Crippen molar-refractivity contribution in [3.05, 3.63) is 53.4 Å². The van der Waals surface area contributed by atoms with Crippen molar-refractivity contribution in [1.82, 2.24) is 24.8 Å². The van der Waals surface area contributed by atoms with Crippen LogP contribution in [0.15, 0.2) is 42.6 Å². The molecule has 4 aromatic rings. The van der Waals surface area contributed by atoms with Gasteiger partial charge in [-0.1, -0.05) is 41.9 Å². The topological polar surface area (TPSA) is 66.4 Å². The highest BCUT2D eigenvalue weighted by atomic mass is 35.5. The molecule has 2 aromatic heterocycles. The minimum absolute atomic E-state index is 0.00715. The molecule has 10 heteroatoms. The molecule has 2 saturated heterocycles. The van der Waals surface area contributed by atoms with Crippen molar-refractivity contribution in [2.24, 2.45) is 0 Å². The molecule has 4 heterocycles. The summed E-state index contributed by atoms with van der Waals surface area (Å²) in [4.78, 5) is 18.3. The van der Waals surface area contributed by atoms with Crippen LogP contribution >= 0.6 is 11.6 Å². The molecule has 0 unspecified atom stereocenters. The second-order valence-electron chi connectivity index (χ2n) is 12.4. The predicted octanol–water partition coefficient (Wildman–Crippen LogP) is 6.49. The van der Waals surface area contributed by atoms with Gasteiger partial charge in [0.25, 0.3) is 0 Å². The number of halogens is 3. The summed E-state index contributed by atoms with van der Waals surface area (Å²) in [6.45, 7) is 2.20. The van der Waals surface area contributed by atoms with Crippen LogP contribution in [0.1, 0.15) is 38.5 Å². The third-order valence-electron chi connectivity index (χ3n) is 9.82. The number of anilines is 1. The minimum atomic E-state index is -0.869. The maximum absolute atomic E-state index is 16.5. The van der Waals surface area contributed by atoms with Gasteiger partial charge in [-0.25, -0.2) is 8.78 Å². The van der Waals surface area contributed by atoms with Crippen molar-refractivity contribution in [3.63, 3.8) is 0 Å². The summed E-state index contributed by atoms with van der Waals surface area (Å²) in [5.41, 5.74) is 0.521. The summed E-state index contributed by atoms with van der Waals surface area (Å²) in [5, 5.41) is 6.12. The second-order valence-corrected chi connectivity index (χ2v) is 12.8. The van der Waals surface area contributed by atoms with Crippen molar-refractivity contribution >= 4 is 39.1 Å². The fourth-order valence-electron chi connectivity index (χ4n) is 7.18. The van der Waals surface area contributed by atoms with Crippen LogP contribution < -0.4 is 10.1 Å². The number of alkyl halides is 1. The Bertz CT molecular complexity index is 1660. The number of likely N-dealkylation sites (N-methyl/N-ethyl adjacent to an activating group) is 1. The van der Waals surface area contributed by atoms with Crippen LogP contribution in [0.5, 0.6) is 6.01 Å². The van der Waals surface area contributed by atoms with Gasteiger partial charge in [0.05, 0.1) is 10.9 Å². The molecule has 220 valence electrons. The first-order chi connectivity index (χ1) is 20.3. The normalized spacial score (nSPS) is 23.4. The standard InChI is InChI=1S/C32H35ClF2N6O/c1-40(2)31(11-5-12-31)18-37-29-23-16-36-27(22-9-3-7-20-8-4-10-24(33)25(20)22)26(35)28(23)38-30(39-29)42-19-32-13-6-14-41(32)17-21(34)15-32/h3-4,7-10,16,21H,5-6,11-15,17-19H2,1-2H3,(H,37,38,39)/t21-,32+/m0/s1. The lowest BCUT2D eigenvalue weighted by atomic mass is 9.75. The summed E-state index contributed by atoms with van der Waals surface area (Å²) in [6, 6.07) is 11.3. The zero-order valence-corrected chi connectivity index (χ0v) is 24.7. The maximum atomic E-state index is 16.5. The van der Waals surface area contributed by atoms with E-state index >= 15 is 4.39 Å². The van der Waals surface area contributed by atoms with E-state index in [-0.39, 0.29) is 34.9 Å². The van der Waals surface area contributed by atoms with Gasteiger partial charge < -0.3 is 15.0 Å². The van der Waals surface area contributed by atoms with Crippen LogP contribution in [0, 0.1) is 5.82 Å². The highest BCUT2D eigenvalue weighted by Crippen LogP contribution is 2.41. The molecule has 2 aliphatic heterocycles. The zero-order chi connectivity index (χ0) is 29.1. The maximum Gasteiger partial charge on any atom is 0.319 e. The number of nitrogens with zero attached hydrogens (tertiary/aromatic N) is 5. The van der Waals surface area contributed by atoms with Crippen LogP contribution in [0.2, 0.25) is 5.02 Å². The Morgan fingerprint density at radius 2 is 1.93 bits per heavy atom. The molecule has 2 aromatic carbocycles. The van der Waals surface area contributed by atoms with Gasteiger partial charge in [-0.2, -0.15) is 9.97 Å². The average molecular weight is 593 g/mol. The van der Waals surface area contributed by atoms with E-state index < -0.39 is 12.0 Å². The summed E-state index contributed by atoms with van der Waals surface area (Å²) in [7, 11) is 4.17. The number of pyridine rings is 1. The Hall–Kier alpha value is -3.14. The lowest BCUT2D eigenvalue weighted by Crippen LogP contribution is -2.54. The molecule has 0 spiro atoms. The van der Waals surface area contributed by atoms with Gasteiger partial charge >= 0.3 is 6.01 Å². The third-order valence-corrected chi connectivity index (χ3v) is 10.1. The summed E-state index contributed by atoms with van der Waals surface area (Å²) >= 11 is 6.58. The van der Waals surface area contributed by atoms with E-state index in [2.05, 4.69) is 39.2 Å². The van der Waals surface area contributed by atoms with Crippen LogP contribution in [0.25, 0.3) is 32.9 Å². The molecule has 0 bridgehead atoms. The SMILES string of the molecule is CN(C)C1(CNc2nc(OC[C@]34CCCN3C[C@@H](F)C4)nc3c(F)c(-c4cccc5cccc(Cl)c45)ncc23)CCC1. The molecule has 3 aliphatic rings. The summed E-state index contributed by atoms with van der Waals surface area (Å²) < 4.78 is 37.1. The summed E-state index contributed by atoms with van der Waals surface area (Å²) in [5.74, 6) is -0.0841. The average Bonchev–Trinajstić information content (AvgIpc) is 3.47. The molecule has 42 heavy (non-hydrogen) atoms. The first kappa shape index (κ1) is 27.7. The first-order valence-electron chi connectivity index (χ1n) is 14.8. The van der Waals surface area contributed by atoms with E-state index in [4.69, 9.17) is 21.3 Å². The number of nitrogens with one attached hydrogen (secondary N) is 1. The van der Waals surface area contributed by atoms with Gasteiger partial charge in [0.1, 0.15) is 29.8 Å². The van der Waals surface area contributed by atoms with Crippen molar-refractivity contribution < 1.29 is 13.5 Å². The van der Waals surface area contributed by atoms with Gasteiger partial charge in [0.2, 0.25) is 0 Å². The Morgan fingerprint density at radius 3 is 2.69 bits per heavy atom. The minimum Gasteiger partial charge on any atom is -0.461 e. The molecule has 1 N–H and O–H groups in total. The fraction of sp³-hybridized carbons (Fsp3) is 0.469. The molecule has 1 aliphatic carbocycles. The van der Waals surface area contributed by atoms with E-state index in [1.165, 1.54) is 6.42 Å². The van der Waals surface area contributed by atoms with Crippen LogP contribution in [-0.4, -0.2) is 82.3 Å². The number of ether oxygens (including phenoxy) is 1. The van der Waals surface area contributed by atoms with Gasteiger partial charge in [-0.05, 0) is 64.2 Å². The van der Waals surface area contributed by atoms with E-state index in [9.17, 15) is 4.39 Å². The number of hydrogen-bond donors (Lipinski definition) is 1. The van der Waals surface area contributed by atoms with Crippen molar-refractivity contribution in [3.8, 4) is 17.3 Å². The number of benzene rings is 2. The molecule has 1 saturated carbocycles. The highest BCUT2D eigenvalue weighted by molar-refractivity contribution is 6.36. The Morgan fingerprint density at radius 1 is 1.12 bits per heavy atom. The molecule has 3 fully saturated rings. The lowest BCUT2D eigenvalue weighted by Gasteiger charge is -2.47. The molecule has 7 nitrogen and oxygen atoms in total. The van der Waals surface area contributed by atoms with Gasteiger partial charge in [-0.15, -0.1) is 0 Å². The third kappa shape index (κ3) is 4.57. The molecular weight excluding hydrogens is 558 g/mol. The number of hydrogen-bond acceptors (Lipinski definition) is 7. The zero-order valence-electron chi connectivity index (χ0n) is 24.0. The van der Waals surface area contributed by atoms with Gasteiger partial charge in [0.15, 0.2) is 5.82 Å². The smallest absolute Gasteiger partial charge is 0.319 e.